The molecule has 0 aliphatic heterocycles. The third kappa shape index (κ3) is 5.64. The fourth-order valence-electron chi connectivity index (χ4n) is 1.86. The van der Waals surface area contributed by atoms with Crippen LogP contribution in [0.5, 0.6) is 0 Å². The first-order chi connectivity index (χ1) is 8.13. The van der Waals surface area contributed by atoms with Gasteiger partial charge in [0, 0.05) is 31.6 Å². The van der Waals surface area contributed by atoms with E-state index in [1.54, 1.807) is 18.4 Å². The van der Waals surface area contributed by atoms with Gasteiger partial charge in [0.15, 0.2) is 0 Å². The smallest absolute Gasteiger partial charge is 0.0589 e. The zero-order valence-electron chi connectivity index (χ0n) is 11.1. The number of rotatable bonds is 8. The Hall–Kier alpha value is -0.420. The molecule has 1 atom stereocenters. The zero-order chi connectivity index (χ0) is 12.7. The van der Waals surface area contributed by atoms with E-state index in [9.17, 15) is 0 Å². The largest absolute Gasteiger partial charge is 0.383 e. The molecule has 0 aromatic carbocycles. The van der Waals surface area contributed by atoms with Gasteiger partial charge in [-0.1, -0.05) is 19.9 Å². The van der Waals surface area contributed by atoms with Crippen LogP contribution in [-0.4, -0.2) is 38.3 Å². The number of nitrogens with two attached hydrogens (primary N) is 1. The molecule has 0 radical (unpaired) electrons. The lowest BCUT2D eigenvalue weighted by atomic mass is 10.1. The van der Waals surface area contributed by atoms with E-state index < -0.39 is 0 Å². The van der Waals surface area contributed by atoms with Crippen LogP contribution in [0.15, 0.2) is 17.5 Å². The fourth-order valence-corrected chi connectivity index (χ4v) is 2.59. The van der Waals surface area contributed by atoms with Crippen LogP contribution in [-0.2, 0) is 4.74 Å². The molecule has 1 unspecified atom stereocenters. The Bertz CT molecular complexity index is 288. The lowest BCUT2D eigenvalue weighted by Gasteiger charge is -2.26. The Morgan fingerprint density at radius 3 is 2.71 bits per heavy atom. The van der Waals surface area contributed by atoms with Gasteiger partial charge in [0.25, 0.3) is 0 Å². The van der Waals surface area contributed by atoms with Crippen LogP contribution in [0.2, 0.25) is 0 Å². The summed E-state index contributed by atoms with van der Waals surface area (Å²) in [6.45, 7) is 8.16. The van der Waals surface area contributed by atoms with Gasteiger partial charge in [-0.3, -0.25) is 4.90 Å². The molecule has 1 aromatic rings. The van der Waals surface area contributed by atoms with Crippen molar-refractivity contribution in [1.82, 2.24) is 4.90 Å². The van der Waals surface area contributed by atoms with Gasteiger partial charge in [-0.15, -0.1) is 11.3 Å². The predicted octanol–water partition coefficient (Wildman–Crippen LogP) is 2.35. The third-order valence-electron chi connectivity index (χ3n) is 2.60. The second-order valence-corrected chi connectivity index (χ2v) is 5.75. The van der Waals surface area contributed by atoms with Crippen molar-refractivity contribution in [1.29, 1.82) is 0 Å². The third-order valence-corrected chi connectivity index (χ3v) is 3.60. The monoisotopic (exact) mass is 256 g/mol. The number of nitrogens with zero attached hydrogens (tertiary/aromatic N) is 1. The Balaban J connectivity index is 2.46. The van der Waals surface area contributed by atoms with Gasteiger partial charge in [-0.2, -0.15) is 0 Å². The summed E-state index contributed by atoms with van der Waals surface area (Å²) >= 11 is 1.73. The van der Waals surface area contributed by atoms with Crippen LogP contribution >= 0.6 is 11.3 Å². The van der Waals surface area contributed by atoms with Gasteiger partial charge in [0.05, 0.1) is 12.6 Å². The average Bonchev–Trinajstić information content (AvgIpc) is 2.78. The van der Waals surface area contributed by atoms with E-state index in [2.05, 4.69) is 36.3 Å². The van der Waals surface area contributed by atoms with Crippen LogP contribution in [0.1, 0.15) is 24.8 Å². The van der Waals surface area contributed by atoms with Crippen LogP contribution in [0, 0.1) is 5.92 Å². The van der Waals surface area contributed by atoms with Crippen molar-refractivity contribution in [3.05, 3.63) is 22.4 Å². The molecular weight excluding hydrogens is 232 g/mol. The highest BCUT2D eigenvalue weighted by molar-refractivity contribution is 7.10. The highest BCUT2D eigenvalue weighted by Gasteiger charge is 2.14. The van der Waals surface area contributed by atoms with Crippen LogP contribution in [0.25, 0.3) is 0 Å². The summed E-state index contributed by atoms with van der Waals surface area (Å²) in [4.78, 5) is 3.65. The summed E-state index contributed by atoms with van der Waals surface area (Å²) < 4.78 is 5.15. The molecular formula is C13H24N2OS. The first kappa shape index (κ1) is 14.6. The van der Waals surface area contributed by atoms with Crippen molar-refractivity contribution in [2.75, 3.05) is 33.4 Å². The van der Waals surface area contributed by atoms with Crippen LogP contribution in [0.3, 0.4) is 0 Å². The Kier molecular flexibility index (Phi) is 6.73. The summed E-state index contributed by atoms with van der Waals surface area (Å²) in [7, 11) is 1.74. The minimum Gasteiger partial charge on any atom is -0.383 e. The van der Waals surface area contributed by atoms with Crippen molar-refractivity contribution in [3.63, 3.8) is 0 Å². The van der Waals surface area contributed by atoms with Gasteiger partial charge in [-0.25, -0.2) is 0 Å². The summed E-state index contributed by atoms with van der Waals surface area (Å²) in [6.07, 6.45) is 0. The highest BCUT2D eigenvalue weighted by Crippen LogP contribution is 2.18. The molecule has 1 rings (SSSR count). The molecule has 0 saturated heterocycles. The van der Waals surface area contributed by atoms with Crippen molar-refractivity contribution in [3.8, 4) is 0 Å². The SMILES string of the molecule is COCCN(CC(C)C)CC(N)c1cccs1. The molecule has 17 heavy (non-hydrogen) atoms. The molecule has 2 N–H and O–H groups in total. The van der Waals surface area contributed by atoms with Gasteiger partial charge in [-0.05, 0) is 17.4 Å². The zero-order valence-corrected chi connectivity index (χ0v) is 11.9. The normalized spacial score (nSPS) is 13.5. The van der Waals surface area contributed by atoms with E-state index in [1.807, 2.05) is 0 Å². The Morgan fingerprint density at radius 1 is 1.41 bits per heavy atom. The van der Waals surface area contributed by atoms with E-state index >= 15 is 0 Å². The van der Waals surface area contributed by atoms with Gasteiger partial charge in [0.2, 0.25) is 0 Å². The number of hydrogen-bond acceptors (Lipinski definition) is 4. The van der Waals surface area contributed by atoms with Crippen LogP contribution < -0.4 is 5.73 Å². The van der Waals surface area contributed by atoms with Crippen molar-refractivity contribution < 1.29 is 4.74 Å². The molecule has 0 fully saturated rings. The molecule has 98 valence electrons. The minimum absolute atomic E-state index is 0.116. The lowest BCUT2D eigenvalue weighted by molar-refractivity contribution is 0.136. The van der Waals surface area contributed by atoms with E-state index in [0.29, 0.717) is 5.92 Å². The Morgan fingerprint density at radius 2 is 2.18 bits per heavy atom. The maximum atomic E-state index is 6.22. The van der Waals surface area contributed by atoms with Crippen molar-refractivity contribution in [2.24, 2.45) is 11.7 Å². The molecule has 0 bridgehead atoms. The van der Waals surface area contributed by atoms with Crippen molar-refractivity contribution in [2.45, 2.75) is 19.9 Å². The number of ether oxygens (including phenoxy) is 1. The molecule has 4 heteroatoms. The van der Waals surface area contributed by atoms with Crippen molar-refractivity contribution >= 4 is 11.3 Å². The minimum atomic E-state index is 0.116. The second-order valence-electron chi connectivity index (χ2n) is 4.77. The number of thiophene rings is 1. The first-order valence-electron chi connectivity index (χ1n) is 6.13. The van der Waals surface area contributed by atoms with E-state index in [1.165, 1.54) is 4.88 Å². The molecule has 1 aromatic heterocycles. The number of hydrogen-bond donors (Lipinski definition) is 1. The Labute approximate surface area is 109 Å². The van der Waals surface area contributed by atoms with Gasteiger partial charge >= 0.3 is 0 Å². The number of methoxy groups -OCH3 is 1. The quantitative estimate of drug-likeness (QED) is 0.776. The summed E-state index contributed by atoms with van der Waals surface area (Å²) in [5.74, 6) is 0.655. The average molecular weight is 256 g/mol. The topological polar surface area (TPSA) is 38.5 Å². The highest BCUT2D eigenvalue weighted by atomic mass is 32.1. The van der Waals surface area contributed by atoms with E-state index in [0.717, 1.165) is 26.2 Å². The van der Waals surface area contributed by atoms with Crippen LogP contribution in [0.4, 0.5) is 0 Å². The summed E-state index contributed by atoms with van der Waals surface area (Å²) in [6, 6.07) is 4.28. The second kappa shape index (κ2) is 7.82. The standard InChI is InChI=1S/C13H24N2OS/c1-11(2)9-15(6-7-16-3)10-12(14)13-5-4-8-17-13/h4-5,8,11-12H,6-7,9-10,14H2,1-3H3. The fraction of sp³-hybridized carbons (Fsp3) is 0.692. The molecule has 0 spiro atoms. The molecule has 3 nitrogen and oxygen atoms in total. The molecule has 0 amide bonds. The summed E-state index contributed by atoms with van der Waals surface area (Å²) in [5.41, 5.74) is 6.22. The molecule has 1 heterocycles. The van der Waals surface area contributed by atoms with Gasteiger partial charge < -0.3 is 10.5 Å². The van der Waals surface area contributed by atoms with E-state index in [-0.39, 0.29) is 6.04 Å². The maximum absolute atomic E-state index is 6.22. The lowest BCUT2D eigenvalue weighted by Crippen LogP contribution is -2.36. The predicted molar refractivity (Wildman–Crippen MR) is 74.4 cm³/mol. The summed E-state index contributed by atoms with van der Waals surface area (Å²) in [5, 5.41) is 2.08. The molecule has 0 aliphatic rings. The van der Waals surface area contributed by atoms with E-state index in [4.69, 9.17) is 10.5 Å². The maximum Gasteiger partial charge on any atom is 0.0589 e. The molecule has 0 saturated carbocycles. The van der Waals surface area contributed by atoms with Gasteiger partial charge in [0.1, 0.15) is 0 Å². The first-order valence-corrected chi connectivity index (χ1v) is 7.01. The molecule has 0 aliphatic carbocycles.